The average molecular weight is 336 g/mol. The minimum absolute atomic E-state index is 0.201. The number of nitrogens with one attached hydrogen (secondary N) is 1. The highest BCUT2D eigenvalue weighted by Gasteiger charge is 2.40. The van der Waals surface area contributed by atoms with Gasteiger partial charge in [-0.15, -0.1) is 0 Å². The van der Waals surface area contributed by atoms with Crippen molar-refractivity contribution in [2.45, 2.75) is 38.6 Å². The van der Waals surface area contributed by atoms with Crippen LogP contribution in [0.15, 0.2) is 24.3 Å². The van der Waals surface area contributed by atoms with E-state index in [-0.39, 0.29) is 18.5 Å². The molecule has 0 heterocycles. The Labute approximate surface area is 141 Å². The molecule has 0 aliphatic heterocycles. The molecular formula is C18H22ClNO3. The summed E-state index contributed by atoms with van der Waals surface area (Å²) in [6.07, 6.45) is 5.47. The summed E-state index contributed by atoms with van der Waals surface area (Å²) < 4.78 is 5.11. The van der Waals surface area contributed by atoms with Crippen molar-refractivity contribution in [3.63, 3.8) is 0 Å². The molecule has 0 spiro atoms. The van der Waals surface area contributed by atoms with Crippen LogP contribution in [0.25, 0.3) is 0 Å². The van der Waals surface area contributed by atoms with Gasteiger partial charge < -0.3 is 10.1 Å². The number of ether oxygens (including phenoxy) is 1. The predicted molar refractivity (Wildman–Crippen MR) is 87.8 cm³/mol. The van der Waals surface area contributed by atoms with Crippen molar-refractivity contribution in [2.24, 2.45) is 17.8 Å². The molecule has 0 aromatic heterocycles. The number of benzene rings is 1. The Bertz CT molecular complexity index is 572. The molecule has 2 saturated carbocycles. The van der Waals surface area contributed by atoms with E-state index in [0.29, 0.717) is 29.8 Å². The molecule has 2 aliphatic carbocycles. The van der Waals surface area contributed by atoms with Gasteiger partial charge in [-0.1, -0.05) is 30.2 Å². The van der Waals surface area contributed by atoms with Crippen molar-refractivity contribution in [3.05, 3.63) is 34.9 Å². The maximum absolute atomic E-state index is 11.9. The number of carbonyl (C=O) groups is 2. The summed E-state index contributed by atoms with van der Waals surface area (Å²) in [4.78, 5) is 23.6. The Balaban J connectivity index is 1.34. The number of hydrogen-bond donors (Lipinski definition) is 1. The second-order valence-electron chi connectivity index (χ2n) is 6.70. The molecule has 2 aliphatic rings. The van der Waals surface area contributed by atoms with E-state index in [1.54, 1.807) is 12.1 Å². The zero-order valence-electron chi connectivity index (χ0n) is 13.1. The van der Waals surface area contributed by atoms with Crippen molar-refractivity contribution in [3.8, 4) is 0 Å². The normalized spacial score (nSPS) is 25.3. The lowest BCUT2D eigenvalue weighted by molar-refractivity contribution is -0.149. The monoisotopic (exact) mass is 335 g/mol. The first-order chi connectivity index (χ1) is 11.1. The Morgan fingerprint density at radius 3 is 2.61 bits per heavy atom. The highest BCUT2D eigenvalue weighted by atomic mass is 35.5. The molecule has 0 radical (unpaired) electrons. The molecule has 1 aromatic carbocycles. The summed E-state index contributed by atoms with van der Waals surface area (Å²) in [6, 6.07) is 7.25. The van der Waals surface area contributed by atoms with Crippen molar-refractivity contribution in [2.75, 3.05) is 6.61 Å². The fourth-order valence-corrected chi connectivity index (χ4v) is 4.03. The standard InChI is InChI=1S/C18H22ClNO3/c19-16-5-2-12(3-6-16)10-20-17(21)11-23-18(22)9-15-8-13-1-4-14(15)7-13/h2-3,5-6,13-15H,1,4,7-11H2,(H,20,21)/t13-,14+,15-/m1/s1. The lowest BCUT2D eigenvalue weighted by Crippen LogP contribution is -2.29. The minimum Gasteiger partial charge on any atom is -0.456 e. The van der Waals surface area contributed by atoms with Crippen LogP contribution in [-0.4, -0.2) is 18.5 Å². The first-order valence-electron chi connectivity index (χ1n) is 8.27. The quantitative estimate of drug-likeness (QED) is 0.811. The van der Waals surface area contributed by atoms with Crippen LogP contribution in [0.5, 0.6) is 0 Å². The minimum atomic E-state index is -0.277. The van der Waals surface area contributed by atoms with Crippen molar-refractivity contribution >= 4 is 23.5 Å². The second-order valence-corrected chi connectivity index (χ2v) is 7.14. The van der Waals surface area contributed by atoms with E-state index in [1.807, 2.05) is 12.1 Å². The van der Waals surface area contributed by atoms with E-state index < -0.39 is 0 Å². The van der Waals surface area contributed by atoms with Crippen LogP contribution in [0, 0.1) is 17.8 Å². The van der Waals surface area contributed by atoms with Gasteiger partial charge in [0.25, 0.3) is 5.91 Å². The van der Waals surface area contributed by atoms with E-state index in [1.165, 1.54) is 19.3 Å². The Morgan fingerprint density at radius 2 is 1.96 bits per heavy atom. The SMILES string of the molecule is O=C(COC(=O)C[C@H]1C[C@@H]2CC[C@H]1C2)NCc1ccc(Cl)cc1. The second kappa shape index (κ2) is 7.35. The van der Waals surface area contributed by atoms with Crippen LogP contribution in [0.2, 0.25) is 5.02 Å². The smallest absolute Gasteiger partial charge is 0.306 e. The average Bonchev–Trinajstić information content (AvgIpc) is 3.15. The third-order valence-electron chi connectivity index (χ3n) is 5.08. The van der Waals surface area contributed by atoms with E-state index in [4.69, 9.17) is 16.3 Å². The predicted octanol–water partition coefficient (Wildman–Crippen LogP) is 3.33. The van der Waals surface area contributed by atoms with Gasteiger partial charge in [0.05, 0.1) is 0 Å². The fraction of sp³-hybridized carbons (Fsp3) is 0.556. The van der Waals surface area contributed by atoms with Crippen LogP contribution < -0.4 is 5.32 Å². The van der Waals surface area contributed by atoms with Gasteiger partial charge in [-0.25, -0.2) is 0 Å². The van der Waals surface area contributed by atoms with Crippen LogP contribution >= 0.6 is 11.6 Å². The summed E-state index contributed by atoms with van der Waals surface area (Å²) in [5.41, 5.74) is 0.955. The third-order valence-corrected chi connectivity index (χ3v) is 5.33. The Morgan fingerprint density at radius 1 is 1.17 bits per heavy atom. The van der Waals surface area contributed by atoms with Gasteiger partial charge in [0.1, 0.15) is 0 Å². The maximum Gasteiger partial charge on any atom is 0.306 e. The molecule has 0 unspecified atom stereocenters. The van der Waals surface area contributed by atoms with Crippen LogP contribution in [0.3, 0.4) is 0 Å². The summed E-state index contributed by atoms with van der Waals surface area (Å²) in [5, 5.41) is 3.40. The van der Waals surface area contributed by atoms with Gasteiger partial charge in [0.15, 0.2) is 6.61 Å². The molecule has 124 valence electrons. The van der Waals surface area contributed by atoms with Gasteiger partial charge in [-0.3, -0.25) is 9.59 Å². The van der Waals surface area contributed by atoms with E-state index in [9.17, 15) is 9.59 Å². The number of halogens is 1. The van der Waals surface area contributed by atoms with Gasteiger partial charge in [0, 0.05) is 18.0 Å². The highest BCUT2D eigenvalue weighted by molar-refractivity contribution is 6.30. The number of carbonyl (C=O) groups excluding carboxylic acids is 2. The summed E-state index contributed by atoms with van der Waals surface area (Å²) in [5.74, 6) is 1.47. The molecule has 5 heteroatoms. The summed E-state index contributed by atoms with van der Waals surface area (Å²) in [7, 11) is 0. The van der Waals surface area contributed by atoms with Crippen LogP contribution in [0.1, 0.15) is 37.7 Å². The number of fused-ring (bicyclic) bond motifs is 2. The van der Waals surface area contributed by atoms with Gasteiger partial charge >= 0.3 is 5.97 Å². The van der Waals surface area contributed by atoms with Crippen LogP contribution in [0.4, 0.5) is 0 Å². The summed E-state index contributed by atoms with van der Waals surface area (Å²) in [6.45, 7) is 0.202. The molecular weight excluding hydrogens is 314 g/mol. The van der Waals surface area contributed by atoms with Crippen molar-refractivity contribution < 1.29 is 14.3 Å². The number of hydrogen-bond acceptors (Lipinski definition) is 3. The van der Waals surface area contributed by atoms with Crippen molar-refractivity contribution in [1.29, 1.82) is 0 Å². The molecule has 2 fully saturated rings. The Kier molecular flexibility index (Phi) is 5.21. The number of rotatable bonds is 6. The zero-order valence-corrected chi connectivity index (χ0v) is 13.8. The molecule has 23 heavy (non-hydrogen) atoms. The van der Waals surface area contributed by atoms with Gasteiger partial charge in [0.2, 0.25) is 0 Å². The van der Waals surface area contributed by atoms with E-state index >= 15 is 0 Å². The molecule has 0 saturated heterocycles. The third kappa shape index (κ3) is 4.47. The van der Waals surface area contributed by atoms with E-state index in [2.05, 4.69) is 5.32 Å². The van der Waals surface area contributed by atoms with Gasteiger partial charge in [-0.05, 0) is 54.7 Å². The molecule has 3 atom stereocenters. The highest BCUT2D eigenvalue weighted by Crippen LogP contribution is 2.49. The summed E-state index contributed by atoms with van der Waals surface area (Å²) >= 11 is 5.81. The number of amides is 1. The molecule has 1 N–H and O–H groups in total. The topological polar surface area (TPSA) is 55.4 Å². The zero-order chi connectivity index (χ0) is 16.2. The maximum atomic E-state index is 11.9. The number of esters is 1. The van der Waals surface area contributed by atoms with Gasteiger partial charge in [-0.2, -0.15) is 0 Å². The molecule has 3 rings (SSSR count). The van der Waals surface area contributed by atoms with Crippen molar-refractivity contribution in [1.82, 2.24) is 5.32 Å². The first-order valence-corrected chi connectivity index (χ1v) is 8.64. The molecule has 1 amide bonds. The fourth-order valence-electron chi connectivity index (χ4n) is 3.90. The molecule has 4 nitrogen and oxygen atoms in total. The largest absolute Gasteiger partial charge is 0.456 e. The molecule has 1 aromatic rings. The van der Waals surface area contributed by atoms with Crippen LogP contribution in [-0.2, 0) is 20.9 Å². The van der Waals surface area contributed by atoms with E-state index in [0.717, 1.165) is 17.9 Å². The molecule has 2 bridgehead atoms. The lowest BCUT2D eigenvalue weighted by atomic mass is 9.86. The Hall–Kier alpha value is -1.55. The first kappa shape index (κ1) is 16.3. The lowest BCUT2D eigenvalue weighted by Gasteiger charge is -2.20.